The van der Waals surface area contributed by atoms with Crippen molar-refractivity contribution >= 4 is 11.8 Å². The largest absolute Gasteiger partial charge is 0.444 e. The lowest BCUT2D eigenvalue weighted by Gasteiger charge is -2.03. The number of nitrogens with zero attached hydrogens (tertiary/aromatic N) is 4. The molecule has 0 bridgehead atoms. The maximum atomic E-state index is 10.7. The van der Waals surface area contributed by atoms with Gasteiger partial charge in [0.2, 0.25) is 0 Å². The first-order chi connectivity index (χ1) is 8.56. The van der Waals surface area contributed by atoms with E-state index >= 15 is 0 Å². The third kappa shape index (κ3) is 3.65. The normalized spacial score (nSPS) is 8.89. The first-order valence-electron chi connectivity index (χ1n) is 5.01. The van der Waals surface area contributed by atoms with E-state index in [4.69, 9.17) is 15.3 Å². The maximum absolute atomic E-state index is 10.7. The summed E-state index contributed by atoms with van der Waals surface area (Å²) in [5, 5.41) is 19.8. The Bertz CT molecular complexity index is 543. The van der Waals surface area contributed by atoms with E-state index in [0.717, 1.165) is 0 Å². The van der Waals surface area contributed by atoms with Gasteiger partial charge in [-0.3, -0.25) is 9.36 Å². The molecule has 92 valence electrons. The molecule has 18 heavy (non-hydrogen) atoms. The number of rotatable bonds is 4. The van der Waals surface area contributed by atoms with E-state index in [1.165, 1.54) is 13.1 Å². The van der Waals surface area contributed by atoms with Crippen LogP contribution >= 0.6 is 0 Å². The SMILES string of the molecule is CC(=O)OCn1cc(NC=C(C#N)C#N)nc1C. The number of carbonyl (C=O) groups is 1. The van der Waals surface area contributed by atoms with Crippen LogP contribution < -0.4 is 5.32 Å². The summed E-state index contributed by atoms with van der Waals surface area (Å²) < 4.78 is 6.45. The molecule has 1 heterocycles. The molecule has 0 amide bonds. The number of aromatic nitrogens is 2. The second-order valence-electron chi connectivity index (χ2n) is 3.33. The molecule has 0 unspecified atom stereocenters. The fourth-order valence-corrected chi connectivity index (χ4v) is 1.10. The molecule has 1 rings (SSSR count). The van der Waals surface area contributed by atoms with E-state index in [2.05, 4.69) is 10.3 Å². The van der Waals surface area contributed by atoms with Crippen molar-refractivity contribution in [2.45, 2.75) is 20.6 Å². The average Bonchev–Trinajstić information content (AvgIpc) is 2.68. The zero-order valence-corrected chi connectivity index (χ0v) is 9.97. The van der Waals surface area contributed by atoms with Crippen LogP contribution in [-0.4, -0.2) is 15.5 Å². The van der Waals surface area contributed by atoms with Gasteiger partial charge in [0, 0.05) is 13.1 Å². The third-order valence-electron chi connectivity index (χ3n) is 1.99. The molecule has 0 aromatic carbocycles. The van der Waals surface area contributed by atoms with E-state index in [9.17, 15) is 4.79 Å². The monoisotopic (exact) mass is 245 g/mol. The number of ether oxygens (including phenoxy) is 1. The average molecular weight is 245 g/mol. The number of hydrogen-bond donors (Lipinski definition) is 1. The molecule has 0 spiro atoms. The summed E-state index contributed by atoms with van der Waals surface area (Å²) in [6.45, 7) is 3.14. The topological polar surface area (TPSA) is 104 Å². The molecule has 0 fully saturated rings. The van der Waals surface area contributed by atoms with Gasteiger partial charge in [-0.25, -0.2) is 4.98 Å². The Kier molecular flexibility index (Phi) is 4.47. The van der Waals surface area contributed by atoms with Gasteiger partial charge in [-0.05, 0) is 6.92 Å². The molecule has 1 N–H and O–H groups in total. The van der Waals surface area contributed by atoms with Gasteiger partial charge in [-0.2, -0.15) is 10.5 Å². The van der Waals surface area contributed by atoms with Crippen LogP contribution in [0.3, 0.4) is 0 Å². The maximum Gasteiger partial charge on any atom is 0.304 e. The number of allylic oxidation sites excluding steroid dienone is 1. The Labute approximate surface area is 104 Å². The van der Waals surface area contributed by atoms with Crippen LogP contribution in [0.1, 0.15) is 12.7 Å². The van der Waals surface area contributed by atoms with Gasteiger partial charge in [0.05, 0.1) is 6.20 Å². The fourth-order valence-electron chi connectivity index (χ4n) is 1.10. The number of nitrogens with one attached hydrogen (secondary N) is 1. The Morgan fingerprint density at radius 3 is 2.83 bits per heavy atom. The Balaban J connectivity index is 2.73. The molecule has 0 aliphatic heterocycles. The number of esters is 1. The molecular weight excluding hydrogens is 234 g/mol. The number of imidazole rings is 1. The van der Waals surface area contributed by atoms with Crippen molar-refractivity contribution in [2.75, 3.05) is 5.32 Å². The molecule has 1 aromatic heterocycles. The molecule has 0 aliphatic rings. The van der Waals surface area contributed by atoms with Gasteiger partial charge in [-0.1, -0.05) is 0 Å². The van der Waals surface area contributed by atoms with Crippen molar-refractivity contribution < 1.29 is 9.53 Å². The summed E-state index contributed by atoms with van der Waals surface area (Å²) in [5.74, 6) is 0.721. The van der Waals surface area contributed by atoms with Crippen LogP contribution in [0, 0.1) is 29.6 Å². The van der Waals surface area contributed by atoms with E-state index in [1.807, 2.05) is 0 Å². The molecule has 0 saturated heterocycles. The molecule has 7 nitrogen and oxygen atoms in total. The van der Waals surface area contributed by atoms with Crippen molar-refractivity contribution in [2.24, 2.45) is 0 Å². The summed E-state index contributed by atoms with van der Waals surface area (Å²) in [5.41, 5.74) is -0.0535. The highest BCUT2D eigenvalue weighted by Gasteiger charge is 2.04. The van der Waals surface area contributed by atoms with Crippen LogP contribution in [0.25, 0.3) is 0 Å². The summed E-state index contributed by atoms with van der Waals surface area (Å²) in [6, 6.07) is 3.43. The first-order valence-corrected chi connectivity index (χ1v) is 5.01. The van der Waals surface area contributed by atoms with E-state index in [1.54, 1.807) is 29.8 Å². The van der Waals surface area contributed by atoms with E-state index in [-0.39, 0.29) is 18.3 Å². The van der Waals surface area contributed by atoms with Gasteiger partial charge in [0.25, 0.3) is 0 Å². The Hall–Kier alpha value is -2.80. The second kappa shape index (κ2) is 6.06. The first kappa shape index (κ1) is 13.3. The molecule has 0 aliphatic carbocycles. The molecule has 7 heteroatoms. The predicted molar refractivity (Wildman–Crippen MR) is 61.7 cm³/mol. The highest BCUT2D eigenvalue weighted by Crippen LogP contribution is 2.08. The summed E-state index contributed by atoms with van der Waals surface area (Å²) in [7, 11) is 0. The Morgan fingerprint density at radius 2 is 2.28 bits per heavy atom. The van der Waals surface area contributed by atoms with Crippen molar-refractivity contribution in [3.63, 3.8) is 0 Å². The summed E-state index contributed by atoms with van der Waals surface area (Å²) in [4.78, 5) is 14.8. The van der Waals surface area contributed by atoms with E-state index < -0.39 is 0 Å². The number of anilines is 1. The smallest absolute Gasteiger partial charge is 0.304 e. The highest BCUT2D eigenvalue weighted by molar-refractivity contribution is 5.65. The van der Waals surface area contributed by atoms with Gasteiger partial charge in [-0.15, -0.1) is 0 Å². The highest BCUT2D eigenvalue weighted by atomic mass is 16.5. The van der Waals surface area contributed by atoms with Crippen molar-refractivity contribution in [3.05, 3.63) is 23.8 Å². The zero-order valence-electron chi connectivity index (χ0n) is 9.97. The summed E-state index contributed by atoms with van der Waals surface area (Å²) in [6.07, 6.45) is 2.87. The van der Waals surface area contributed by atoms with Gasteiger partial charge in [0.1, 0.15) is 29.4 Å². The zero-order chi connectivity index (χ0) is 13.5. The van der Waals surface area contributed by atoms with Crippen LogP contribution in [0.4, 0.5) is 5.82 Å². The summed E-state index contributed by atoms with van der Waals surface area (Å²) >= 11 is 0. The Morgan fingerprint density at radius 1 is 1.61 bits per heavy atom. The number of aryl methyl sites for hydroxylation is 1. The third-order valence-corrected chi connectivity index (χ3v) is 1.99. The predicted octanol–water partition coefficient (Wildman–Crippen LogP) is 1.06. The van der Waals surface area contributed by atoms with Crippen LogP contribution in [0.5, 0.6) is 0 Å². The molecule has 0 radical (unpaired) electrons. The van der Waals surface area contributed by atoms with Crippen LogP contribution in [0.15, 0.2) is 18.0 Å². The lowest BCUT2D eigenvalue weighted by Crippen LogP contribution is -2.06. The number of nitriles is 2. The van der Waals surface area contributed by atoms with E-state index in [0.29, 0.717) is 11.6 Å². The van der Waals surface area contributed by atoms with Gasteiger partial charge >= 0.3 is 5.97 Å². The van der Waals surface area contributed by atoms with Gasteiger partial charge < -0.3 is 10.1 Å². The standard InChI is InChI=1S/C11H11N5O2/c1-8-15-11(14-5-10(3-12)4-13)6-16(8)7-18-9(2)17/h5-6,14H,7H2,1-2H3. The number of hydrogen-bond acceptors (Lipinski definition) is 6. The van der Waals surface area contributed by atoms with Crippen LogP contribution in [-0.2, 0) is 16.3 Å². The lowest BCUT2D eigenvalue weighted by molar-refractivity contribution is -0.144. The van der Waals surface area contributed by atoms with Crippen molar-refractivity contribution in [3.8, 4) is 12.1 Å². The number of carbonyl (C=O) groups excluding carboxylic acids is 1. The molecule has 0 saturated carbocycles. The second-order valence-corrected chi connectivity index (χ2v) is 3.33. The quantitative estimate of drug-likeness (QED) is 0.628. The minimum absolute atomic E-state index is 0.0535. The lowest BCUT2D eigenvalue weighted by atomic mass is 10.4. The molecular formula is C11H11N5O2. The van der Waals surface area contributed by atoms with Gasteiger partial charge in [0.15, 0.2) is 6.73 Å². The van der Waals surface area contributed by atoms with Crippen molar-refractivity contribution in [1.82, 2.24) is 9.55 Å². The van der Waals surface area contributed by atoms with Crippen LogP contribution in [0.2, 0.25) is 0 Å². The molecule has 0 atom stereocenters. The van der Waals surface area contributed by atoms with Crippen molar-refractivity contribution in [1.29, 1.82) is 10.5 Å². The minimum atomic E-state index is -0.381. The molecule has 1 aromatic rings. The minimum Gasteiger partial charge on any atom is -0.444 e. The fraction of sp³-hybridized carbons (Fsp3) is 0.273.